The second kappa shape index (κ2) is 12.5. The number of benzene rings is 2. The highest BCUT2D eigenvalue weighted by Gasteiger charge is 2.29. The van der Waals surface area contributed by atoms with E-state index in [1.807, 2.05) is 39.0 Å². The molecule has 1 aliphatic rings. The first kappa shape index (κ1) is 29.1. The summed E-state index contributed by atoms with van der Waals surface area (Å²) in [4.78, 5) is 31.5. The summed E-state index contributed by atoms with van der Waals surface area (Å²) in [5, 5.41) is 10.4. The van der Waals surface area contributed by atoms with E-state index in [-0.39, 0.29) is 24.9 Å². The number of methoxy groups -OCH3 is 1. The van der Waals surface area contributed by atoms with E-state index in [1.165, 1.54) is 0 Å². The Morgan fingerprint density at radius 3 is 2.33 bits per heavy atom. The van der Waals surface area contributed by atoms with Gasteiger partial charge in [0.15, 0.2) is 0 Å². The lowest BCUT2D eigenvalue weighted by molar-refractivity contribution is -0.157. The normalized spacial score (nSPS) is 15.0. The number of aliphatic hydroxyl groups is 1. The number of rotatable bonds is 10. The van der Waals surface area contributed by atoms with Crippen LogP contribution in [0.1, 0.15) is 41.9 Å². The molecule has 0 saturated carbocycles. The molecule has 3 aromatic rings. The molecule has 210 valence electrons. The van der Waals surface area contributed by atoms with E-state index >= 15 is 0 Å². The maximum Gasteiger partial charge on any atom is 0.310 e. The van der Waals surface area contributed by atoms with E-state index < -0.39 is 5.60 Å². The van der Waals surface area contributed by atoms with E-state index in [2.05, 4.69) is 9.80 Å². The first-order chi connectivity index (χ1) is 18.6. The van der Waals surface area contributed by atoms with Gasteiger partial charge in [-0.3, -0.25) is 19.1 Å². The van der Waals surface area contributed by atoms with Crippen LogP contribution in [0.3, 0.4) is 0 Å². The van der Waals surface area contributed by atoms with E-state index in [0.717, 1.165) is 50.1 Å². The second-order valence-corrected chi connectivity index (χ2v) is 11.1. The Kier molecular flexibility index (Phi) is 9.33. The minimum atomic E-state index is -0.673. The summed E-state index contributed by atoms with van der Waals surface area (Å²) in [6.07, 6.45) is 0.824. The van der Waals surface area contributed by atoms with Gasteiger partial charge in [0.05, 0.1) is 19.0 Å². The van der Waals surface area contributed by atoms with Gasteiger partial charge in [-0.25, -0.2) is 0 Å². The molecule has 1 saturated heterocycles. The van der Waals surface area contributed by atoms with Gasteiger partial charge in [0.1, 0.15) is 11.4 Å². The topological polar surface area (TPSA) is 84.2 Å². The Labute approximate surface area is 235 Å². The minimum absolute atomic E-state index is 0.0365. The van der Waals surface area contributed by atoms with Crippen molar-refractivity contribution < 1.29 is 24.2 Å². The molecule has 0 unspecified atom stereocenters. The summed E-state index contributed by atoms with van der Waals surface area (Å²) in [7, 11) is 1.59. The number of aliphatic hydroxyl groups excluding tert-OH is 1. The smallest absolute Gasteiger partial charge is 0.310 e. The van der Waals surface area contributed by atoms with Gasteiger partial charge in [-0.05, 0) is 75.2 Å². The Hall–Kier alpha value is -2.91. The van der Waals surface area contributed by atoms with E-state index in [1.54, 1.807) is 35.9 Å². The van der Waals surface area contributed by atoms with Gasteiger partial charge >= 0.3 is 5.97 Å². The van der Waals surface area contributed by atoms with Gasteiger partial charge in [0.25, 0.3) is 5.91 Å². The van der Waals surface area contributed by atoms with Crippen molar-refractivity contribution in [2.24, 2.45) is 0 Å². The van der Waals surface area contributed by atoms with Gasteiger partial charge in [0, 0.05) is 67.5 Å². The second-order valence-electron chi connectivity index (χ2n) is 10.7. The molecule has 0 atom stereocenters. The molecular formula is C30H38ClN3O5. The van der Waals surface area contributed by atoms with Crippen LogP contribution in [0.5, 0.6) is 5.75 Å². The molecule has 0 bridgehead atoms. The fourth-order valence-corrected chi connectivity index (χ4v) is 5.45. The molecule has 0 aliphatic carbocycles. The number of piperazine rings is 1. The van der Waals surface area contributed by atoms with Gasteiger partial charge in [-0.15, -0.1) is 0 Å². The molecule has 1 fully saturated rings. The van der Waals surface area contributed by atoms with Crippen molar-refractivity contribution in [2.45, 2.75) is 39.2 Å². The summed E-state index contributed by atoms with van der Waals surface area (Å²) >= 11 is 6.03. The Bertz CT molecular complexity index is 1310. The standard InChI is InChI=1S/C30H38ClN3O5/c1-21-25(19-28(36)39-30(2,3)20-33-15-13-32(14-16-33)12-5-17-35)26-18-24(38-4)10-11-27(26)34(21)29(37)22-6-8-23(31)9-7-22/h6-11,18,35H,5,12-17,19-20H2,1-4H3. The van der Waals surface area contributed by atoms with Gasteiger partial charge in [-0.2, -0.15) is 0 Å². The maximum atomic E-state index is 13.5. The number of hydrogen-bond acceptors (Lipinski definition) is 7. The molecule has 1 aromatic heterocycles. The van der Waals surface area contributed by atoms with Crippen molar-refractivity contribution >= 4 is 34.4 Å². The first-order valence-electron chi connectivity index (χ1n) is 13.4. The molecule has 0 spiro atoms. The van der Waals surface area contributed by atoms with Crippen LogP contribution in [-0.2, 0) is 16.0 Å². The van der Waals surface area contributed by atoms with Crippen LogP contribution in [0.25, 0.3) is 10.9 Å². The summed E-state index contributed by atoms with van der Waals surface area (Å²) in [5.41, 5.74) is 1.96. The van der Waals surface area contributed by atoms with Crippen molar-refractivity contribution in [1.29, 1.82) is 0 Å². The third-order valence-corrected chi connectivity index (χ3v) is 7.50. The predicted molar refractivity (Wildman–Crippen MR) is 153 cm³/mol. The number of hydrogen-bond donors (Lipinski definition) is 1. The highest BCUT2D eigenvalue weighted by atomic mass is 35.5. The number of fused-ring (bicyclic) bond motifs is 1. The molecule has 39 heavy (non-hydrogen) atoms. The minimum Gasteiger partial charge on any atom is -0.497 e. The van der Waals surface area contributed by atoms with Gasteiger partial charge in [-0.1, -0.05) is 11.6 Å². The highest BCUT2D eigenvalue weighted by Crippen LogP contribution is 2.31. The summed E-state index contributed by atoms with van der Waals surface area (Å²) in [6, 6.07) is 12.3. The zero-order valence-corrected chi connectivity index (χ0v) is 24.0. The predicted octanol–water partition coefficient (Wildman–Crippen LogP) is 4.16. The van der Waals surface area contributed by atoms with Crippen LogP contribution in [0, 0.1) is 6.92 Å². The maximum absolute atomic E-state index is 13.5. The van der Waals surface area contributed by atoms with Crippen LogP contribution in [0.2, 0.25) is 5.02 Å². The van der Waals surface area contributed by atoms with E-state index in [0.29, 0.717) is 34.1 Å². The number of aromatic nitrogens is 1. The quantitative estimate of drug-likeness (QED) is 0.376. The lowest BCUT2D eigenvalue weighted by Gasteiger charge is -2.38. The molecule has 0 amide bonds. The van der Waals surface area contributed by atoms with Gasteiger partial charge in [0.2, 0.25) is 0 Å². The van der Waals surface area contributed by atoms with Crippen LogP contribution in [0.4, 0.5) is 0 Å². The molecule has 9 heteroatoms. The number of carbonyl (C=O) groups excluding carboxylic acids is 2. The summed E-state index contributed by atoms with van der Waals surface area (Å²) < 4.78 is 13.1. The van der Waals surface area contributed by atoms with Gasteiger partial charge < -0.3 is 19.5 Å². The average Bonchev–Trinajstić information content (AvgIpc) is 3.17. The average molecular weight is 556 g/mol. The van der Waals surface area contributed by atoms with Crippen molar-refractivity contribution in [3.05, 3.63) is 64.3 Å². The number of halogens is 1. The van der Waals surface area contributed by atoms with Crippen molar-refractivity contribution in [1.82, 2.24) is 14.4 Å². The van der Waals surface area contributed by atoms with E-state index in [9.17, 15) is 9.59 Å². The number of ether oxygens (including phenoxy) is 2. The number of nitrogens with zero attached hydrogens (tertiary/aromatic N) is 3. The monoisotopic (exact) mass is 555 g/mol. The molecule has 2 aromatic carbocycles. The van der Waals surface area contributed by atoms with Crippen LogP contribution in [0.15, 0.2) is 42.5 Å². The lowest BCUT2D eigenvalue weighted by atomic mass is 10.1. The van der Waals surface area contributed by atoms with Crippen LogP contribution >= 0.6 is 11.6 Å². The molecule has 1 N–H and O–H groups in total. The van der Waals surface area contributed by atoms with Crippen LogP contribution in [-0.4, -0.2) is 89.9 Å². The van der Waals surface area contributed by atoms with Crippen LogP contribution < -0.4 is 4.74 Å². The highest BCUT2D eigenvalue weighted by molar-refractivity contribution is 6.30. The fourth-order valence-electron chi connectivity index (χ4n) is 5.32. The fraction of sp³-hybridized carbons (Fsp3) is 0.467. The molecule has 4 rings (SSSR count). The Morgan fingerprint density at radius 2 is 1.69 bits per heavy atom. The first-order valence-corrected chi connectivity index (χ1v) is 13.8. The zero-order valence-electron chi connectivity index (χ0n) is 23.2. The Morgan fingerprint density at radius 1 is 1.03 bits per heavy atom. The van der Waals surface area contributed by atoms with Crippen molar-refractivity contribution in [3.8, 4) is 5.75 Å². The van der Waals surface area contributed by atoms with Crippen molar-refractivity contribution in [3.63, 3.8) is 0 Å². The molecule has 0 radical (unpaired) electrons. The molecule has 2 heterocycles. The van der Waals surface area contributed by atoms with Crippen molar-refractivity contribution in [2.75, 3.05) is 53.0 Å². The van der Waals surface area contributed by atoms with E-state index in [4.69, 9.17) is 26.2 Å². The Balaban J connectivity index is 1.51. The largest absolute Gasteiger partial charge is 0.497 e. The molecule has 8 nitrogen and oxygen atoms in total. The third-order valence-electron chi connectivity index (χ3n) is 7.25. The zero-order chi connectivity index (χ0) is 28.2. The summed E-state index contributed by atoms with van der Waals surface area (Å²) in [5.74, 6) is 0.106. The third kappa shape index (κ3) is 7.00. The lowest BCUT2D eigenvalue weighted by Crippen LogP contribution is -2.51. The summed E-state index contributed by atoms with van der Waals surface area (Å²) in [6.45, 7) is 11.1. The number of esters is 1. The number of carbonyl (C=O) groups is 2. The SMILES string of the molecule is COc1ccc2c(c1)c(CC(=O)OC(C)(C)CN1CCN(CCCO)CC1)c(C)n2C(=O)c1ccc(Cl)cc1. The molecule has 1 aliphatic heterocycles. The molecular weight excluding hydrogens is 518 g/mol.